The molecule has 0 fully saturated rings. The first-order chi connectivity index (χ1) is 15.2. The summed E-state index contributed by atoms with van der Waals surface area (Å²) in [5, 5.41) is 2.05. The average molecular weight is 435 g/mol. The molecular formula is C25H26N2O3S. The normalized spacial score (nSPS) is 17.2. The van der Waals surface area contributed by atoms with E-state index in [-0.39, 0.29) is 5.91 Å². The van der Waals surface area contributed by atoms with Crippen molar-refractivity contribution < 1.29 is 14.3 Å². The van der Waals surface area contributed by atoms with Crippen LogP contribution in [0.4, 0.5) is 11.4 Å². The summed E-state index contributed by atoms with van der Waals surface area (Å²) in [7, 11) is 0. The molecule has 0 saturated carbocycles. The summed E-state index contributed by atoms with van der Waals surface area (Å²) in [5.41, 5.74) is 3.32. The first-order valence-electron chi connectivity index (χ1n) is 10.8. The molecule has 31 heavy (non-hydrogen) atoms. The first kappa shape index (κ1) is 19.9. The highest BCUT2D eigenvalue weighted by atomic mass is 32.1. The van der Waals surface area contributed by atoms with Crippen LogP contribution in [0.2, 0.25) is 0 Å². The van der Waals surface area contributed by atoms with Crippen LogP contribution < -0.4 is 19.3 Å². The summed E-state index contributed by atoms with van der Waals surface area (Å²) >= 11 is 1.66. The maximum Gasteiger partial charge on any atom is 0.246 e. The zero-order valence-electron chi connectivity index (χ0n) is 17.6. The Morgan fingerprint density at radius 2 is 1.94 bits per heavy atom. The fourth-order valence-electron chi connectivity index (χ4n) is 4.31. The molecule has 2 aromatic carbocycles. The number of fused-ring (bicyclic) bond motifs is 2. The fourth-order valence-corrected chi connectivity index (χ4v) is 5.01. The van der Waals surface area contributed by atoms with Crippen LogP contribution in [-0.4, -0.2) is 31.7 Å². The monoisotopic (exact) mass is 434 g/mol. The van der Waals surface area contributed by atoms with Crippen LogP contribution in [-0.2, 0) is 17.8 Å². The van der Waals surface area contributed by atoms with E-state index in [0.29, 0.717) is 38.1 Å². The molecule has 3 aromatic rings. The van der Waals surface area contributed by atoms with Gasteiger partial charge in [-0.25, -0.2) is 0 Å². The number of ether oxygens (including phenoxy) is 2. The van der Waals surface area contributed by atoms with Crippen LogP contribution in [0.5, 0.6) is 11.5 Å². The highest BCUT2D eigenvalue weighted by Crippen LogP contribution is 2.35. The summed E-state index contributed by atoms with van der Waals surface area (Å²) < 4.78 is 11.4. The number of anilines is 2. The van der Waals surface area contributed by atoms with Crippen molar-refractivity contribution in [1.29, 1.82) is 0 Å². The third-order valence-electron chi connectivity index (χ3n) is 6.00. The second kappa shape index (κ2) is 8.63. The molecule has 0 bridgehead atoms. The molecule has 6 heteroatoms. The molecule has 1 amide bonds. The molecule has 1 aromatic heterocycles. The topological polar surface area (TPSA) is 42.0 Å². The Morgan fingerprint density at radius 1 is 1.10 bits per heavy atom. The lowest BCUT2D eigenvalue weighted by atomic mass is 9.96. The van der Waals surface area contributed by atoms with E-state index in [1.54, 1.807) is 11.3 Å². The molecule has 160 valence electrons. The van der Waals surface area contributed by atoms with Gasteiger partial charge in [-0.2, -0.15) is 0 Å². The van der Waals surface area contributed by atoms with Crippen LogP contribution in [0, 0.1) is 0 Å². The van der Waals surface area contributed by atoms with Crippen LogP contribution in [0.25, 0.3) is 0 Å². The van der Waals surface area contributed by atoms with Gasteiger partial charge in [0.1, 0.15) is 13.2 Å². The third kappa shape index (κ3) is 4.12. The Bertz CT molecular complexity index is 1070. The van der Waals surface area contributed by atoms with Crippen molar-refractivity contribution in [3.8, 4) is 11.5 Å². The van der Waals surface area contributed by atoms with Gasteiger partial charge in [0.15, 0.2) is 11.5 Å². The smallest absolute Gasteiger partial charge is 0.246 e. The highest BCUT2D eigenvalue weighted by Gasteiger charge is 2.28. The number of hydrogen-bond donors (Lipinski definition) is 0. The number of aryl methyl sites for hydroxylation is 1. The number of para-hydroxylation sites is 1. The van der Waals surface area contributed by atoms with E-state index in [4.69, 9.17) is 9.47 Å². The molecule has 2 aliphatic heterocycles. The standard InChI is InChI=1S/C25H26N2O3S/c1-18-8-9-19-5-2-3-7-22(19)26(18)17-25(28)27(16-21-6-4-14-31-21)20-10-11-23-24(15-20)30-13-12-29-23/h2-7,10-11,14-15,18H,8-9,12-13,16-17H2,1H3. The molecule has 2 aliphatic rings. The minimum atomic E-state index is 0.0774. The summed E-state index contributed by atoms with van der Waals surface area (Å²) in [4.78, 5) is 18.9. The molecule has 3 heterocycles. The van der Waals surface area contributed by atoms with Crippen molar-refractivity contribution in [3.63, 3.8) is 0 Å². The molecule has 1 unspecified atom stereocenters. The zero-order valence-corrected chi connectivity index (χ0v) is 18.4. The van der Waals surface area contributed by atoms with E-state index >= 15 is 0 Å². The van der Waals surface area contributed by atoms with Gasteiger partial charge in [0, 0.05) is 28.4 Å². The first-order valence-corrected chi connectivity index (χ1v) is 11.6. The summed E-state index contributed by atoms with van der Waals surface area (Å²) in [6.45, 7) is 4.17. The second-order valence-corrected chi connectivity index (χ2v) is 9.06. The largest absolute Gasteiger partial charge is 0.486 e. The van der Waals surface area contributed by atoms with Gasteiger partial charge in [0.05, 0.1) is 13.1 Å². The van der Waals surface area contributed by atoms with E-state index in [9.17, 15) is 4.79 Å². The maximum absolute atomic E-state index is 13.7. The van der Waals surface area contributed by atoms with Crippen LogP contribution in [0.3, 0.4) is 0 Å². The van der Waals surface area contributed by atoms with Crippen molar-refractivity contribution in [1.82, 2.24) is 0 Å². The van der Waals surface area contributed by atoms with E-state index in [1.165, 1.54) is 11.3 Å². The number of benzene rings is 2. The van der Waals surface area contributed by atoms with Crippen LogP contribution in [0.1, 0.15) is 23.8 Å². The van der Waals surface area contributed by atoms with Crippen LogP contribution in [0.15, 0.2) is 60.0 Å². The molecule has 1 atom stereocenters. The minimum Gasteiger partial charge on any atom is -0.486 e. The van der Waals surface area contributed by atoms with Crippen LogP contribution >= 0.6 is 11.3 Å². The Kier molecular flexibility index (Phi) is 5.55. The molecule has 0 spiro atoms. The predicted molar refractivity (Wildman–Crippen MR) is 125 cm³/mol. The number of amides is 1. The van der Waals surface area contributed by atoms with Crippen molar-refractivity contribution in [3.05, 3.63) is 70.4 Å². The van der Waals surface area contributed by atoms with Crippen molar-refractivity contribution in [2.24, 2.45) is 0 Å². The number of nitrogens with zero attached hydrogens (tertiary/aromatic N) is 2. The number of hydrogen-bond acceptors (Lipinski definition) is 5. The second-order valence-electron chi connectivity index (χ2n) is 8.03. The Labute approximate surface area is 186 Å². The molecule has 5 rings (SSSR count). The maximum atomic E-state index is 13.7. The van der Waals surface area contributed by atoms with Gasteiger partial charge >= 0.3 is 0 Å². The summed E-state index contributed by atoms with van der Waals surface area (Å²) in [5.74, 6) is 1.51. The van der Waals surface area contributed by atoms with E-state index in [0.717, 1.165) is 29.2 Å². The lowest BCUT2D eigenvalue weighted by molar-refractivity contribution is -0.117. The Hall–Kier alpha value is -2.99. The molecular weight excluding hydrogens is 408 g/mol. The average Bonchev–Trinajstić information content (AvgIpc) is 3.32. The lowest BCUT2D eigenvalue weighted by Gasteiger charge is -2.38. The third-order valence-corrected chi connectivity index (χ3v) is 6.86. The van der Waals surface area contributed by atoms with E-state index in [1.807, 2.05) is 34.5 Å². The molecule has 0 radical (unpaired) electrons. The lowest BCUT2D eigenvalue weighted by Crippen LogP contribution is -2.45. The van der Waals surface area contributed by atoms with Gasteiger partial charge in [-0.3, -0.25) is 4.79 Å². The van der Waals surface area contributed by atoms with Gasteiger partial charge in [0.2, 0.25) is 5.91 Å². The van der Waals surface area contributed by atoms with Gasteiger partial charge in [-0.1, -0.05) is 24.3 Å². The summed E-state index contributed by atoms with van der Waals surface area (Å²) in [6, 6.07) is 18.6. The fraction of sp³-hybridized carbons (Fsp3) is 0.320. The number of carbonyl (C=O) groups excluding carboxylic acids is 1. The predicted octanol–water partition coefficient (Wildman–Crippen LogP) is 4.89. The van der Waals surface area contributed by atoms with Gasteiger partial charge < -0.3 is 19.3 Å². The molecule has 5 nitrogen and oxygen atoms in total. The van der Waals surface area contributed by atoms with Gasteiger partial charge in [-0.15, -0.1) is 11.3 Å². The van der Waals surface area contributed by atoms with E-state index in [2.05, 4.69) is 42.2 Å². The van der Waals surface area contributed by atoms with Crippen molar-refractivity contribution >= 4 is 28.6 Å². The number of carbonyl (C=O) groups is 1. The molecule has 0 saturated heterocycles. The van der Waals surface area contributed by atoms with Gasteiger partial charge in [0.25, 0.3) is 0 Å². The highest BCUT2D eigenvalue weighted by molar-refractivity contribution is 7.09. The quantitative estimate of drug-likeness (QED) is 0.573. The Balaban J connectivity index is 1.45. The minimum absolute atomic E-state index is 0.0774. The van der Waals surface area contributed by atoms with E-state index < -0.39 is 0 Å². The zero-order chi connectivity index (χ0) is 21.2. The SMILES string of the molecule is CC1CCc2ccccc2N1CC(=O)N(Cc1cccs1)c1ccc2c(c1)OCCO2. The van der Waals surface area contributed by atoms with Gasteiger partial charge in [-0.05, 0) is 55.0 Å². The molecule has 0 aliphatic carbocycles. The number of thiophene rings is 1. The van der Waals surface area contributed by atoms with Crippen molar-refractivity contribution in [2.45, 2.75) is 32.4 Å². The molecule has 0 N–H and O–H groups in total. The van der Waals surface area contributed by atoms with Crippen molar-refractivity contribution in [2.75, 3.05) is 29.6 Å². The summed E-state index contributed by atoms with van der Waals surface area (Å²) in [6.07, 6.45) is 2.11. The Morgan fingerprint density at radius 3 is 2.77 bits per heavy atom. The number of rotatable bonds is 5.